The lowest BCUT2D eigenvalue weighted by Crippen LogP contribution is -2.46. The summed E-state index contributed by atoms with van der Waals surface area (Å²) in [5, 5.41) is 2.58. The van der Waals surface area contributed by atoms with Crippen molar-refractivity contribution in [3.05, 3.63) is 17.9 Å². The van der Waals surface area contributed by atoms with Gasteiger partial charge in [-0.1, -0.05) is 0 Å². The zero-order chi connectivity index (χ0) is 20.1. The largest absolute Gasteiger partial charge is 0.450 e. The molecular formula is C17H25N3O7S. The Morgan fingerprint density at radius 1 is 1.18 bits per heavy atom. The number of likely N-dealkylation sites (tertiary alicyclic amines) is 1. The number of nitrogens with zero attached hydrogens (tertiary/aromatic N) is 2. The molecule has 1 aromatic rings. The van der Waals surface area contributed by atoms with E-state index in [1.807, 2.05) is 0 Å². The van der Waals surface area contributed by atoms with E-state index in [2.05, 4.69) is 5.32 Å². The van der Waals surface area contributed by atoms with Gasteiger partial charge < -0.3 is 24.1 Å². The van der Waals surface area contributed by atoms with Crippen LogP contribution >= 0.6 is 0 Å². The molecule has 0 aliphatic carbocycles. The molecule has 0 atom stereocenters. The van der Waals surface area contributed by atoms with Crippen LogP contribution in [0, 0.1) is 0 Å². The molecule has 10 nitrogen and oxygen atoms in total. The smallest absolute Gasteiger partial charge is 0.409 e. The number of amides is 2. The normalized spacial score (nSPS) is 19.4. The molecule has 0 spiro atoms. The number of rotatable bonds is 5. The van der Waals surface area contributed by atoms with Crippen molar-refractivity contribution in [1.29, 1.82) is 0 Å². The van der Waals surface area contributed by atoms with Crippen LogP contribution in [0.15, 0.2) is 21.6 Å². The minimum Gasteiger partial charge on any atom is -0.450 e. The highest BCUT2D eigenvalue weighted by molar-refractivity contribution is 7.89. The van der Waals surface area contributed by atoms with Gasteiger partial charge in [0.25, 0.3) is 15.9 Å². The summed E-state index contributed by atoms with van der Waals surface area (Å²) in [6, 6.07) is 2.53. The molecule has 0 unspecified atom stereocenters. The number of ether oxygens (including phenoxy) is 2. The molecule has 156 valence electrons. The number of morpholine rings is 1. The fourth-order valence-corrected chi connectivity index (χ4v) is 4.49. The summed E-state index contributed by atoms with van der Waals surface area (Å²) in [6.45, 7) is 4.21. The first-order chi connectivity index (χ1) is 13.4. The number of hydrogen-bond acceptors (Lipinski definition) is 7. The molecule has 3 heterocycles. The van der Waals surface area contributed by atoms with Crippen LogP contribution in [-0.4, -0.2) is 81.7 Å². The highest BCUT2D eigenvalue weighted by atomic mass is 32.2. The molecule has 1 N–H and O–H groups in total. The Bertz CT molecular complexity index is 793. The number of hydrogen-bond donors (Lipinski definition) is 1. The fourth-order valence-electron chi connectivity index (χ4n) is 3.17. The van der Waals surface area contributed by atoms with Crippen LogP contribution in [0.25, 0.3) is 0 Å². The molecule has 2 aliphatic rings. The Labute approximate surface area is 163 Å². The average Bonchev–Trinajstić information content (AvgIpc) is 3.21. The van der Waals surface area contributed by atoms with Crippen LogP contribution in [0.3, 0.4) is 0 Å². The van der Waals surface area contributed by atoms with Crippen molar-refractivity contribution >= 4 is 22.0 Å². The van der Waals surface area contributed by atoms with Crippen molar-refractivity contribution in [2.75, 3.05) is 46.0 Å². The summed E-state index contributed by atoms with van der Waals surface area (Å²) in [4.78, 5) is 25.7. The van der Waals surface area contributed by atoms with Crippen molar-refractivity contribution in [2.45, 2.75) is 30.9 Å². The quantitative estimate of drug-likeness (QED) is 0.750. The fraction of sp³-hybridized carbons (Fsp3) is 0.647. The molecule has 0 saturated carbocycles. The van der Waals surface area contributed by atoms with Crippen LogP contribution in [-0.2, 0) is 19.5 Å². The van der Waals surface area contributed by atoms with E-state index in [9.17, 15) is 18.0 Å². The van der Waals surface area contributed by atoms with E-state index in [0.29, 0.717) is 45.8 Å². The summed E-state index contributed by atoms with van der Waals surface area (Å²) in [6.07, 6.45) is 0.824. The average molecular weight is 415 g/mol. The second-order valence-electron chi connectivity index (χ2n) is 6.57. The first-order valence-corrected chi connectivity index (χ1v) is 10.8. The van der Waals surface area contributed by atoms with Crippen LogP contribution in [0.4, 0.5) is 4.79 Å². The van der Waals surface area contributed by atoms with Crippen molar-refractivity contribution in [3.63, 3.8) is 0 Å². The minimum atomic E-state index is -3.78. The van der Waals surface area contributed by atoms with E-state index in [-0.39, 0.29) is 36.1 Å². The molecule has 0 aromatic carbocycles. The highest BCUT2D eigenvalue weighted by Gasteiger charge is 2.31. The molecule has 11 heteroatoms. The van der Waals surface area contributed by atoms with Gasteiger partial charge in [-0.2, -0.15) is 4.31 Å². The zero-order valence-corrected chi connectivity index (χ0v) is 16.6. The zero-order valence-electron chi connectivity index (χ0n) is 15.8. The predicted molar refractivity (Wildman–Crippen MR) is 97.4 cm³/mol. The molecule has 2 aliphatic heterocycles. The molecule has 2 fully saturated rings. The monoisotopic (exact) mass is 415 g/mol. The van der Waals surface area contributed by atoms with Crippen LogP contribution < -0.4 is 5.32 Å². The second kappa shape index (κ2) is 8.93. The second-order valence-corrected chi connectivity index (χ2v) is 8.44. The molecule has 0 bridgehead atoms. The van der Waals surface area contributed by atoms with Crippen LogP contribution in [0.5, 0.6) is 0 Å². The lowest BCUT2D eigenvalue weighted by molar-refractivity contribution is 0.0721. The van der Waals surface area contributed by atoms with Crippen molar-refractivity contribution in [3.8, 4) is 0 Å². The Morgan fingerprint density at radius 3 is 2.50 bits per heavy atom. The third kappa shape index (κ3) is 4.65. The number of nitrogens with one attached hydrogen (secondary N) is 1. The van der Waals surface area contributed by atoms with E-state index >= 15 is 0 Å². The van der Waals surface area contributed by atoms with Crippen LogP contribution in [0.2, 0.25) is 0 Å². The Hall–Kier alpha value is -2.11. The predicted octanol–water partition coefficient (Wildman–Crippen LogP) is 0.651. The number of carbonyl (C=O) groups excluding carboxylic acids is 2. The van der Waals surface area contributed by atoms with Gasteiger partial charge in [-0.05, 0) is 31.9 Å². The van der Waals surface area contributed by atoms with Gasteiger partial charge in [0, 0.05) is 32.2 Å². The van der Waals surface area contributed by atoms with E-state index in [1.165, 1.54) is 16.4 Å². The van der Waals surface area contributed by atoms with Gasteiger partial charge in [-0.3, -0.25) is 4.79 Å². The first kappa shape index (κ1) is 20.6. The maximum atomic E-state index is 12.6. The Kier molecular flexibility index (Phi) is 6.57. The summed E-state index contributed by atoms with van der Waals surface area (Å²) in [5.74, 6) is -0.530. The molecule has 2 saturated heterocycles. The van der Waals surface area contributed by atoms with Gasteiger partial charge >= 0.3 is 6.09 Å². The summed E-state index contributed by atoms with van der Waals surface area (Å²) >= 11 is 0. The standard InChI is InChI=1S/C17H25N3O7S/c1-2-26-17(22)19-7-5-13(6-8-19)18-16(21)14-3-4-15(27-14)28(23,24)20-9-11-25-12-10-20/h3-4,13H,2,5-12H2,1H3,(H,18,21). The van der Waals surface area contributed by atoms with E-state index in [0.717, 1.165) is 0 Å². The van der Waals surface area contributed by atoms with Gasteiger partial charge in [-0.25, -0.2) is 13.2 Å². The van der Waals surface area contributed by atoms with Gasteiger partial charge in [0.1, 0.15) is 0 Å². The van der Waals surface area contributed by atoms with E-state index in [1.54, 1.807) is 11.8 Å². The maximum Gasteiger partial charge on any atom is 0.409 e. The number of furan rings is 1. The third-order valence-corrected chi connectivity index (χ3v) is 6.50. The molecular weight excluding hydrogens is 390 g/mol. The summed E-state index contributed by atoms with van der Waals surface area (Å²) < 4.78 is 41.9. The minimum absolute atomic E-state index is 0.0559. The summed E-state index contributed by atoms with van der Waals surface area (Å²) in [5.41, 5.74) is 0. The SMILES string of the molecule is CCOC(=O)N1CCC(NC(=O)c2ccc(S(=O)(=O)N3CCOCC3)o2)CC1. The van der Waals surface area contributed by atoms with Gasteiger partial charge in [0.15, 0.2) is 5.76 Å². The Balaban J connectivity index is 1.55. The highest BCUT2D eigenvalue weighted by Crippen LogP contribution is 2.20. The lowest BCUT2D eigenvalue weighted by atomic mass is 10.1. The molecule has 28 heavy (non-hydrogen) atoms. The lowest BCUT2D eigenvalue weighted by Gasteiger charge is -2.31. The summed E-state index contributed by atoms with van der Waals surface area (Å²) in [7, 11) is -3.78. The molecule has 3 rings (SSSR count). The molecule has 1 aromatic heterocycles. The molecule has 0 radical (unpaired) electrons. The van der Waals surface area contributed by atoms with Gasteiger partial charge in [0.05, 0.1) is 19.8 Å². The topological polar surface area (TPSA) is 118 Å². The van der Waals surface area contributed by atoms with Crippen molar-refractivity contribution in [2.24, 2.45) is 0 Å². The third-order valence-electron chi connectivity index (χ3n) is 4.73. The van der Waals surface area contributed by atoms with Crippen molar-refractivity contribution < 1.29 is 31.9 Å². The van der Waals surface area contributed by atoms with Gasteiger partial charge in [-0.15, -0.1) is 0 Å². The van der Waals surface area contributed by atoms with Crippen molar-refractivity contribution in [1.82, 2.24) is 14.5 Å². The van der Waals surface area contributed by atoms with E-state index < -0.39 is 15.9 Å². The van der Waals surface area contributed by atoms with Gasteiger partial charge in [0.2, 0.25) is 5.09 Å². The Morgan fingerprint density at radius 2 is 1.86 bits per heavy atom. The number of carbonyl (C=O) groups is 2. The van der Waals surface area contributed by atoms with Crippen LogP contribution in [0.1, 0.15) is 30.3 Å². The number of sulfonamides is 1. The molecule has 2 amide bonds. The van der Waals surface area contributed by atoms with E-state index in [4.69, 9.17) is 13.9 Å². The maximum absolute atomic E-state index is 12.6. The number of piperidine rings is 1. The first-order valence-electron chi connectivity index (χ1n) is 9.32.